The van der Waals surface area contributed by atoms with E-state index in [1.807, 2.05) is 24.3 Å². The van der Waals surface area contributed by atoms with E-state index in [0.717, 1.165) is 35.6 Å². The summed E-state index contributed by atoms with van der Waals surface area (Å²) in [5.74, 6) is 1.72. The smallest absolute Gasteiger partial charge is 0.191 e. The molecular formula is C14H20ClN3. The molecule has 1 saturated carbocycles. The molecule has 2 N–H and O–H groups in total. The van der Waals surface area contributed by atoms with Crippen LogP contribution in [-0.4, -0.2) is 19.0 Å². The van der Waals surface area contributed by atoms with Gasteiger partial charge in [-0.3, -0.25) is 0 Å². The molecule has 4 heteroatoms. The summed E-state index contributed by atoms with van der Waals surface area (Å²) >= 11 is 6.11. The Morgan fingerprint density at radius 1 is 1.33 bits per heavy atom. The van der Waals surface area contributed by atoms with E-state index in [1.165, 1.54) is 12.8 Å². The molecule has 98 valence electrons. The number of guanidine groups is 1. The molecule has 0 heterocycles. The molecule has 1 aromatic carbocycles. The second kappa shape index (κ2) is 6.64. The van der Waals surface area contributed by atoms with E-state index in [4.69, 9.17) is 11.6 Å². The van der Waals surface area contributed by atoms with Gasteiger partial charge in [0.15, 0.2) is 5.96 Å². The Morgan fingerprint density at radius 2 is 2.11 bits per heavy atom. The van der Waals surface area contributed by atoms with Crippen molar-refractivity contribution in [3.8, 4) is 0 Å². The van der Waals surface area contributed by atoms with E-state index < -0.39 is 0 Å². The first-order valence-corrected chi connectivity index (χ1v) is 6.93. The maximum absolute atomic E-state index is 6.11. The van der Waals surface area contributed by atoms with Crippen molar-refractivity contribution >= 4 is 17.6 Å². The number of rotatable bonds is 5. The molecule has 2 rings (SSSR count). The summed E-state index contributed by atoms with van der Waals surface area (Å²) in [4.78, 5) is 4.55. The Labute approximate surface area is 114 Å². The van der Waals surface area contributed by atoms with Crippen molar-refractivity contribution in [1.82, 2.24) is 10.6 Å². The maximum Gasteiger partial charge on any atom is 0.191 e. The Hall–Kier alpha value is -1.22. The second-order valence-electron chi connectivity index (χ2n) is 4.61. The minimum atomic E-state index is 0.611. The van der Waals surface area contributed by atoms with Crippen LogP contribution in [0.1, 0.15) is 25.3 Å². The summed E-state index contributed by atoms with van der Waals surface area (Å²) in [6, 6.07) is 7.83. The summed E-state index contributed by atoms with van der Waals surface area (Å²) in [5, 5.41) is 7.40. The normalized spacial score (nSPS) is 15.6. The van der Waals surface area contributed by atoms with Crippen molar-refractivity contribution in [1.29, 1.82) is 0 Å². The van der Waals surface area contributed by atoms with Crippen LogP contribution in [0.15, 0.2) is 29.3 Å². The third-order valence-corrected chi connectivity index (χ3v) is 3.33. The fourth-order valence-electron chi connectivity index (χ4n) is 1.70. The van der Waals surface area contributed by atoms with Gasteiger partial charge in [-0.05, 0) is 37.3 Å². The largest absolute Gasteiger partial charge is 0.357 e. The molecule has 0 aromatic heterocycles. The Kier molecular flexibility index (Phi) is 4.88. The van der Waals surface area contributed by atoms with Crippen LogP contribution in [0, 0.1) is 5.92 Å². The van der Waals surface area contributed by atoms with Crippen molar-refractivity contribution < 1.29 is 0 Å². The molecule has 18 heavy (non-hydrogen) atoms. The van der Waals surface area contributed by atoms with Gasteiger partial charge in [-0.1, -0.05) is 29.8 Å². The molecule has 3 nitrogen and oxygen atoms in total. The quantitative estimate of drug-likeness (QED) is 0.635. The minimum absolute atomic E-state index is 0.611. The lowest BCUT2D eigenvalue weighted by Crippen LogP contribution is -2.38. The predicted molar refractivity (Wildman–Crippen MR) is 77.0 cm³/mol. The van der Waals surface area contributed by atoms with E-state index in [0.29, 0.717) is 6.54 Å². The van der Waals surface area contributed by atoms with Crippen LogP contribution in [-0.2, 0) is 6.54 Å². The van der Waals surface area contributed by atoms with E-state index in [9.17, 15) is 0 Å². The molecule has 0 amide bonds. The molecule has 0 aliphatic heterocycles. The van der Waals surface area contributed by atoms with Crippen molar-refractivity contribution in [3.63, 3.8) is 0 Å². The lowest BCUT2D eigenvalue weighted by Gasteiger charge is -2.11. The van der Waals surface area contributed by atoms with Gasteiger partial charge >= 0.3 is 0 Å². The van der Waals surface area contributed by atoms with Gasteiger partial charge in [0.2, 0.25) is 0 Å². The highest BCUT2D eigenvalue weighted by Gasteiger charge is 2.20. The zero-order chi connectivity index (χ0) is 12.8. The molecular weight excluding hydrogens is 246 g/mol. The summed E-state index contributed by atoms with van der Waals surface area (Å²) in [6.07, 6.45) is 2.69. The number of halogens is 1. The third kappa shape index (κ3) is 4.22. The van der Waals surface area contributed by atoms with E-state index in [-0.39, 0.29) is 0 Å². The van der Waals surface area contributed by atoms with Crippen LogP contribution < -0.4 is 10.6 Å². The summed E-state index contributed by atoms with van der Waals surface area (Å²) < 4.78 is 0. The van der Waals surface area contributed by atoms with Crippen LogP contribution >= 0.6 is 11.6 Å². The highest BCUT2D eigenvalue weighted by Crippen LogP contribution is 2.27. The van der Waals surface area contributed by atoms with Crippen molar-refractivity contribution in [3.05, 3.63) is 34.9 Å². The number of benzene rings is 1. The average Bonchev–Trinajstić information content (AvgIpc) is 3.18. The van der Waals surface area contributed by atoms with Crippen molar-refractivity contribution in [2.24, 2.45) is 10.9 Å². The van der Waals surface area contributed by atoms with Crippen LogP contribution in [0.2, 0.25) is 5.02 Å². The Balaban J connectivity index is 1.91. The van der Waals surface area contributed by atoms with Crippen LogP contribution in [0.3, 0.4) is 0 Å². The molecule has 0 unspecified atom stereocenters. The molecule has 0 bridgehead atoms. The summed E-state index contributed by atoms with van der Waals surface area (Å²) in [7, 11) is 0. The highest BCUT2D eigenvalue weighted by molar-refractivity contribution is 6.31. The van der Waals surface area contributed by atoms with E-state index >= 15 is 0 Å². The van der Waals surface area contributed by atoms with Gasteiger partial charge in [-0.25, -0.2) is 4.99 Å². The van der Waals surface area contributed by atoms with Gasteiger partial charge in [0.05, 0.1) is 6.54 Å². The number of nitrogens with zero attached hydrogens (tertiary/aromatic N) is 1. The number of hydrogen-bond donors (Lipinski definition) is 2. The van der Waals surface area contributed by atoms with Gasteiger partial charge in [0.1, 0.15) is 0 Å². The molecule has 1 aromatic rings. The van der Waals surface area contributed by atoms with Gasteiger partial charge in [-0.15, -0.1) is 0 Å². The fourth-order valence-corrected chi connectivity index (χ4v) is 1.89. The monoisotopic (exact) mass is 265 g/mol. The number of aliphatic imine (C=N–C) groups is 1. The fraction of sp³-hybridized carbons (Fsp3) is 0.500. The zero-order valence-corrected chi connectivity index (χ0v) is 11.5. The zero-order valence-electron chi connectivity index (χ0n) is 10.7. The second-order valence-corrected chi connectivity index (χ2v) is 5.02. The molecule has 0 saturated heterocycles. The molecule has 0 radical (unpaired) electrons. The Bertz CT molecular complexity index is 413. The lowest BCUT2D eigenvalue weighted by molar-refractivity contribution is 0.739. The standard InChI is InChI=1S/C14H20ClN3/c1-2-16-14(17-9-11-7-8-11)18-10-12-5-3-4-6-13(12)15/h3-6,11H,2,7-10H2,1H3,(H2,16,17,18). The van der Waals surface area contributed by atoms with E-state index in [1.54, 1.807) is 0 Å². The van der Waals surface area contributed by atoms with Crippen molar-refractivity contribution in [2.45, 2.75) is 26.3 Å². The van der Waals surface area contributed by atoms with Crippen LogP contribution in [0.25, 0.3) is 0 Å². The first-order valence-electron chi connectivity index (χ1n) is 6.55. The predicted octanol–water partition coefficient (Wildman–Crippen LogP) is 2.81. The first kappa shape index (κ1) is 13.2. The molecule has 0 atom stereocenters. The van der Waals surface area contributed by atoms with Gasteiger partial charge in [0, 0.05) is 18.1 Å². The minimum Gasteiger partial charge on any atom is -0.357 e. The topological polar surface area (TPSA) is 36.4 Å². The van der Waals surface area contributed by atoms with Gasteiger partial charge in [0.25, 0.3) is 0 Å². The average molecular weight is 266 g/mol. The first-order chi connectivity index (χ1) is 8.79. The van der Waals surface area contributed by atoms with Crippen LogP contribution in [0.4, 0.5) is 0 Å². The SMILES string of the molecule is CCNC(=NCc1ccccc1Cl)NCC1CC1. The van der Waals surface area contributed by atoms with Crippen LogP contribution in [0.5, 0.6) is 0 Å². The molecule has 1 aliphatic carbocycles. The lowest BCUT2D eigenvalue weighted by atomic mass is 10.2. The summed E-state index contributed by atoms with van der Waals surface area (Å²) in [5.41, 5.74) is 1.06. The maximum atomic E-state index is 6.11. The number of nitrogens with one attached hydrogen (secondary N) is 2. The van der Waals surface area contributed by atoms with Gasteiger partial charge < -0.3 is 10.6 Å². The highest BCUT2D eigenvalue weighted by atomic mass is 35.5. The molecule has 0 spiro atoms. The number of hydrogen-bond acceptors (Lipinski definition) is 1. The van der Waals surface area contributed by atoms with E-state index in [2.05, 4.69) is 22.5 Å². The summed E-state index contributed by atoms with van der Waals surface area (Å²) in [6.45, 7) is 4.58. The third-order valence-electron chi connectivity index (χ3n) is 2.96. The van der Waals surface area contributed by atoms with Gasteiger partial charge in [-0.2, -0.15) is 0 Å². The molecule has 1 fully saturated rings. The van der Waals surface area contributed by atoms with Crippen molar-refractivity contribution in [2.75, 3.05) is 13.1 Å². The Morgan fingerprint density at radius 3 is 2.78 bits per heavy atom. The molecule has 1 aliphatic rings.